The van der Waals surface area contributed by atoms with Crippen LogP contribution < -0.4 is 10.5 Å². The van der Waals surface area contributed by atoms with E-state index >= 15 is 0 Å². The minimum Gasteiger partial charge on any atom is -0.352 e. The Labute approximate surface area is 106 Å². The quantitative estimate of drug-likeness (QED) is 0.884. The predicted octanol–water partition coefficient (Wildman–Crippen LogP) is 2.58. The normalized spacial score (nSPS) is 21.3. The molecule has 5 heteroatoms. The Morgan fingerprint density at radius 2 is 2.35 bits per heavy atom. The zero-order chi connectivity index (χ0) is 12.3. The molecule has 0 radical (unpaired) electrons. The van der Waals surface area contributed by atoms with E-state index in [1.54, 1.807) is 0 Å². The number of rotatable bonds is 2. The van der Waals surface area contributed by atoms with Crippen molar-refractivity contribution in [2.75, 3.05) is 11.4 Å². The topological polar surface area (TPSA) is 49.0 Å². The van der Waals surface area contributed by atoms with E-state index in [1.807, 2.05) is 0 Å². The summed E-state index contributed by atoms with van der Waals surface area (Å²) in [5, 5.41) is 0.216. The van der Waals surface area contributed by atoms with E-state index in [4.69, 9.17) is 11.6 Å². The summed E-state index contributed by atoms with van der Waals surface area (Å²) in [6, 6.07) is 0.448. The highest BCUT2D eigenvalue weighted by molar-refractivity contribution is 6.32. The van der Waals surface area contributed by atoms with Crippen molar-refractivity contribution in [2.24, 2.45) is 0 Å². The summed E-state index contributed by atoms with van der Waals surface area (Å²) < 4.78 is 0. The molecular weight excluding hydrogens is 238 g/mol. The van der Waals surface area contributed by atoms with Crippen molar-refractivity contribution in [3.8, 4) is 0 Å². The van der Waals surface area contributed by atoms with Crippen molar-refractivity contribution in [3.63, 3.8) is 0 Å². The van der Waals surface area contributed by atoms with Crippen molar-refractivity contribution < 1.29 is 0 Å². The van der Waals surface area contributed by atoms with Crippen LogP contribution in [0.4, 0.5) is 5.82 Å². The molecule has 17 heavy (non-hydrogen) atoms. The van der Waals surface area contributed by atoms with Crippen molar-refractivity contribution in [2.45, 2.75) is 45.1 Å². The summed E-state index contributed by atoms with van der Waals surface area (Å²) >= 11 is 6.05. The Kier molecular flexibility index (Phi) is 4.05. The third-order valence-electron chi connectivity index (χ3n) is 3.40. The molecule has 1 atom stereocenters. The van der Waals surface area contributed by atoms with Crippen LogP contribution in [0.3, 0.4) is 0 Å². The molecule has 94 valence electrons. The molecule has 0 aliphatic carbocycles. The molecule has 1 saturated heterocycles. The first-order valence-corrected chi connectivity index (χ1v) is 6.61. The van der Waals surface area contributed by atoms with Crippen LogP contribution in [0.25, 0.3) is 0 Å². The Hall–Kier alpha value is -1.03. The molecule has 0 spiro atoms. The molecule has 1 aliphatic rings. The fourth-order valence-electron chi connectivity index (χ4n) is 2.45. The van der Waals surface area contributed by atoms with Gasteiger partial charge in [-0.25, -0.2) is 4.98 Å². The summed E-state index contributed by atoms with van der Waals surface area (Å²) in [4.78, 5) is 20.5. The van der Waals surface area contributed by atoms with Gasteiger partial charge in [0.1, 0.15) is 5.02 Å². The van der Waals surface area contributed by atoms with Gasteiger partial charge in [-0.3, -0.25) is 4.79 Å². The third kappa shape index (κ3) is 2.63. The molecule has 1 unspecified atom stereocenters. The van der Waals surface area contributed by atoms with Crippen LogP contribution in [0, 0.1) is 0 Å². The van der Waals surface area contributed by atoms with Gasteiger partial charge in [0, 0.05) is 12.6 Å². The lowest BCUT2D eigenvalue weighted by Gasteiger charge is -2.30. The summed E-state index contributed by atoms with van der Waals surface area (Å²) in [7, 11) is 0. The maximum absolute atomic E-state index is 11.5. The number of aromatic nitrogens is 2. The zero-order valence-corrected chi connectivity index (χ0v) is 10.8. The summed E-state index contributed by atoms with van der Waals surface area (Å²) in [5.41, 5.74) is -0.254. The van der Waals surface area contributed by atoms with Crippen molar-refractivity contribution in [1.29, 1.82) is 0 Å². The molecule has 1 N–H and O–H groups in total. The molecule has 4 nitrogen and oxygen atoms in total. The van der Waals surface area contributed by atoms with Gasteiger partial charge >= 0.3 is 0 Å². The van der Waals surface area contributed by atoms with Gasteiger partial charge in [-0.2, -0.15) is 0 Å². The number of H-pyrrole nitrogens is 1. The number of hydrogen-bond donors (Lipinski definition) is 1. The SMILES string of the molecule is CCC1CCCCCN1c1nc[nH]c(=O)c1Cl. The molecule has 1 aromatic rings. The van der Waals surface area contributed by atoms with Gasteiger partial charge in [-0.05, 0) is 19.3 Å². The van der Waals surface area contributed by atoms with Crippen LogP contribution in [0.2, 0.25) is 5.02 Å². The van der Waals surface area contributed by atoms with Gasteiger partial charge in [0.15, 0.2) is 5.82 Å². The summed E-state index contributed by atoms with van der Waals surface area (Å²) in [6.45, 7) is 3.11. The molecule has 0 amide bonds. The molecule has 1 aromatic heterocycles. The average molecular weight is 256 g/mol. The fourth-order valence-corrected chi connectivity index (χ4v) is 2.67. The lowest BCUT2D eigenvalue weighted by molar-refractivity contribution is 0.551. The van der Waals surface area contributed by atoms with E-state index in [-0.39, 0.29) is 10.6 Å². The first-order chi connectivity index (χ1) is 8.24. The minimum atomic E-state index is -0.254. The zero-order valence-electron chi connectivity index (χ0n) is 10.1. The lowest BCUT2D eigenvalue weighted by atomic mass is 10.1. The highest BCUT2D eigenvalue weighted by Crippen LogP contribution is 2.27. The minimum absolute atomic E-state index is 0.216. The lowest BCUT2D eigenvalue weighted by Crippen LogP contribution is -2.36. The van der Waals surface area contributed by atoms with Gasteiger partial charge in [0.2, 0.25) is 0 Å². The Balaban J connectivity index is 2.35. The average Bonchev–Trinajstić information content (AvgIpc) is 2.57. The smallest absolute Gasteiger partial charge is 0.271 e. The van der Waals surface area contributed by atoms with Gasteiger partial charge in [0.25, 0.3) is 5.56 Å². The number of nitrogens with one attached hydrogen (secondary N) is 1. The second-order valence-corrected chi connectivity index (χ2v) is 4.85. The van der Waals surface area contributed by atoms with Crippen LogP contribution >= 0.6 is 11.6 Å². The highest BCUT2D eigenvalue weighted by atomic mass is 35.5. The van der Waals surface area contributed by atoms with Gasteiger partial charge in [0.05, 0.1) is 6.33 Å². The van der Waals surface area contributed by atoms with E-state index < -0.39 is 0 Å². The predicted molar refractivity (Wildman–Crippen MR) is 69.8 cm³/mol. The van der Waals surface area contributed by atoms with Gasteiger partial charge in [-0.1, -0.05) is 31.4 Å². The number of nitrogens with zero attached hydrogens (tertiary/aromatic N) is 2. The first-order valence-electron chi connectivity index (χ1n) is 6.24. The van der Waals surface area contributed by atoms with Crippen molar-refractivity contribution in [3.05, 3.63) is 21.7 Å². The van der Waals surface area contributed by atoms with Crippen LogP contribution in [0.5, 0.6) is 0 Å². The molecule has 1 fully saturated rings. The summed E-state index contributed by atoms with van der Waals surface area (Å²) in [6.07, 6.45) is 7.28. The Bertz CT molecular complexity index is 432. The molecule has 0 bridgehead atoms. The molecule has 1 aliphatic heterocycles. The fraction of sp³-hybridized carbons (Fsp3) is 0.667. The van der Waals surface area contributed by atoms with E-state index in [0.717, 1.165) is 25.8 Å². The van der Waals surface area contributed by atoms with E-state index in [0.29, 0.717) is 11.9 Å². The third-order valence-corrected chi connectivity index (χ3v) is 3.74. The van der Waals surface area contributed by atoms with Crippen molar-refractivity contribution in [1.82, 2.24) is 9.97 Å². The first kappa shape index (κ1) is 12.4. The Morgan fingerprint density at radius 1 is 1.53 bits per heavy atom. The number of halogens is 1. The second-order valence-electron chi connectivity index (χ2n) is 4.47. The van der Waals surface area contributed by atoms with Crippen molar-refractivity contribution >= 4 is 17.4 Å². The van der Waals surface area contributed by atoms with Crippen LogP contribution in [-0.4, -0.2) is 22.6 Å². The molecule has 0 saturated carbocycles. The Morgan fingerprint density at radius 3 is 3.12 bits per heavy atom. The molecule has 2 heterocycles. The van der Waals surface area contributed by atoms with Crippen LogP contribution in [0.15, 0.2) is 11.1 Å². The van der Waals surface area contributed by atoms with E-state index in [2.05, 4.69) is 21.8 Å². The maximum atomic E-state index is 11.5. The number of hydrogen-bond acceptors (Lipinski definition) is 3. The summed E-state index contributed by atoms with van der Waals surface area (Å²) in [5.74, 6) is 0.643. The highest BCUT2D eigenvalue weighted by Gasteiger charge is 2.23. The second kappa shape index (κ2) is 5.54. The van der Waals surface area contributed by atoms with Gasteiger partial charge in [-0.15, -0.1) is 0 Å². The van der Waals surface area contributed by atoms with E-state index in [9.17, 15) is 4.79 Å². The van der Waals surface area contributed by atoms with E-state index in [1.165, 1.54) is 19.2 Å². The molecule has 2 rings (SSSR count). The van der Waals surface area contributed by atoms with Crippen LogP contribution in [-0.2, 0) is 0 Å². The number of anilines is 1. The maximum Gasteiger partial charge on any atom is 0.271 e. The largest absolute Gasteiger partial charge is 0.352 e. The number of aromatic amines is 1. The molecular formula is C12H18ClN3O. The monoisotopic (exact) mass is 255 g/mol. The van der Waals surface area contributed by atoms with Crippen LogP contribution in [0.1, 0.15) is 39.0 Å². The molecule has 0 aromatic carbocycles. The standard InChI is InChI=1S/C12H18ClN3O/c1-2-9-6-4-3-5-7-16(9)11-10(13)12(17)15-8-14-11/h8-9H,2-7H2,1H3,(H,14,15,17). The van der Waals surface area contributed by atoms with Gasteiger partial charge < -0.3 is 9.88 Å².